The minimum atomic E-state index is 0.271. The molecule has 0 bridgehead atoms. The third-order valence-corrected chi connectivity index (χ3v) is 1.84. The van der Waals surface area contributed by atoms with Gasteiger partial charge in [0.25, 0.3) is 0 Å². The van der Waals surface area contributed by atoms with Crippen LogP contribution in [0.25, 0.3) is 0 Å². The van der Waals surface area contributed by atoms with Gasteiger partial charge in [-0.1, -0.05) is 5.16 Å². The maximum absolute atomic E-state index is 8.77. The van der Waals surface area contributed by atoms with Crippen LogP contribution in [0.2, 0.25) is 0 Å². The summed E-state index contributed by atoms with van der Waals surface area (Å²) in [6.45, 7) is 0.551. The minimum absolute atomic E-state index is 0.271. The van der Waals surface area contributed by atoms with Gasteiger partial charge in [-0.15, -0.1) is 0 Å². The fourth-order valence-corrected chi connectivity index (χ4v) is 1.14. The van der Waals surface area contributed by atoms with Crippen molar-refractivity contribution in [1.82, 2.24) is 20.1 Å². The maximum Gasteiger partial charge on any atom is 0.228 e. The number of rotatable bonds is 4. The van der Waals surface area contributed by atoms with Crippen LogP contribution < -0.4 is 5.32 Å². The van der Waals surface area contributed by atoms with E-state index in [1.165, 1.54) is 18.7 Å². The van der Waals surface area contributed by atoms with Gasteiger partial charge >= 0.3 is 0 Å². The molecule has 1 N–H and O–H groups in total. The van der Waals surface area contributed by atoms with E-state index in [-0.39, 0.29) is 5.69 Å². The molecule has 0 aliphatic rings. The van der Waals surface area contributed by atoms with E-state index in [0.29, 0.717) is 24.7 Å². The van der Waals surface area contributed by atoms with Crippen LogP contribution in [0.4, 0.5) is 5.82 Å². The SMILES string of the molecule is N#Cc1nccnc1NCCc1ncno1. The van der Waals surface area contributed by atoms with E-state index in [4.69, 9.17) is 9.78 Å². The first kappa shape index (κ1) is 10.0. The second-order valence-corrected chi connectivity index (χ2v) is 2.88. The van der Waals surface area contributed by atoms with Crippen molar-refractivity contribution in [3.05, 3.63) is 30.3 Å². The summed E-state index contributed by atoms with van der Waals surface area (Å²) in [6, 6.07) is 1.95. The van der Waals surface area contributed by atoms with Crippen LogP contribution in [0.1, 0.15) is 11.6 Å². The van der Waals surface area contributed by atoms with Crippen LogP contribution in [-0.2, 0) is 6.42 Å². The number of nitriles is 1. The highest BCUT2D eigenvalue weighted by molar-refractivity contribution is 5.46. The summed E-state index contributed by atoms with van der Waals surface area (Å²) in [5.41, 5.74) is 0.271. The molecule has 2 aromatic heterocycles. The molecule has 2 rings (SSSR count). The van der Waals surface area contributed by atoms with Gasteiger partial charge < -0.3 is 9.84 Å². The van der Waals surface area contributed by atoms with E-state index < -0.39 is 0 Å². The van der Waals surface area contributed by atoms with Gasteiger partial charge in [0, 0.05) is 25.4 Å². The Morgan fingerprint density at radius 1 is 1.31 bits per heavy atom. The molecule has 0 fully saturated rings. The lowest BCUT2D eigenvalue weighted by Gasteiger charge is -2.03. The predicted molar refractivity (Wildman–Crippen MR) is 53.2 cm³/mol. The lowest BCUT2D eigenvalue weighted by atomic mass is 10.4. The Balaban J connectivity index is 1.93. The molecule has 16 heavy (non-hydrogen) atoms. The van der Waals surface area contributed by atoms with Gasteiger partial charge in [-0.05, 0) is 0 Å². The molecular weight excluding hydrogens is 208 g/mol. The molecule has 0 aliphatic heterocycles. The summed E-state index contributed by atoms with van der Waals surface area (Å²) < 4.78 is 4.83. The van der Waals surface area contributed by atoms with Gasteiger partial charge in [-0.3, -0.25) is 0 Å². The van der Waals surface area contributed by atoms with Crippen molar-refractivity contribution in [3.63, 3.8) is 0 Å². The number of hydrogen-bond donors (Lipinski definition) is 1. The molecule has 0 spiro atoms. The fourth-order valence-electron chi connectivity index (χ4n) is 1.14. The summed E-state index contributed by atoms with van der Waals surface area (Å²) in [5, 5.41) is 15.2. The lowest BCUT2D eigenvalue weighted by molar-refractivity contribution is 0.379. The average Bonchev–Trinajstić information content (AvgIpc) is 2.83. The van der Waals surface area contributed by atoms with E-state index in [1.54, 1.807) is 0 Å². The molecule has 0 saturated heterocycles. The van der Waals surface area contributed by atoms with Crippen molar-refractivity contribution in [2.45, 2.75) is 6.42 Å². The van der Waals surface area contributed by atoms with Gasteiger partial charge in [0.2, 0.25) is 5.89 Å². The molecule has 2 aromatic rings. The molecule has 0 saturated carbocycles. The van der Waals surface area contributed by atoms with Crippen molar-refractivity contribution >= 4 is 5.82 Å². The van der Waals surface area contributed by atoms with Crippen molar-refractivity contribution in [1.29, 1.82) is 5.26 Å². The van der Waals surface area contributed by atoms with E-state index in [1.807, 2.05) is 6.07 Å². The Kier molecular flexibility index (Phi) is 3.04. The van der Waals surface area contributed by atoms with Crippen LogP contribution in [0.3, 0.4) is 0 Å². The molecule has 7 heteroatoms. The number of anilines is 1. The molecular formula is C9H8N6O. The summed E-state index contributed by atoms with van der Waals surface area (Å²) in [5.74, 6) is 0.999. The second kappa shape index (κ2) is 4.84. The zero-order chi connectivity index (χ0) is 11.2. The smallest absolute Gasteiger partial charge is 0.228 e. The highest BCUT2D eigenvalue weighted by atomic mass is 16.5. The largest absolute Gasteiger partial charge is 0.367 e. The molecule has 0 unspecified atom stereocenters. The first-order chi connectivity index (χ1) is 7.90. The van der Waals surface area contributed by atoms with Gasteiger partial charge in [-0.2, -0.15) is 10.2 Å². The Bertz CT molecular complexity index is 489. The Morgan fingerprint density at radius 3 is 2.94 bits per heavy atom. The highest BCUT2D eigenvalue weighted by Crippen LogP contribution is 2.06. The van der Waals surface area contributed by atoms with Gasteiger partial charge in [0.15, 0.2) is 17.8 Å². The predicted octanol–water partition coefficient (Wildman–Crippen LogP) is 0.386. The van der Waals surface area contributed by atoms with Crippen LogP contribution in [-0.4, -0.2) is 26.7 Å². The van der Waals surface area contributed by atoms with Crippen LogP contribution in [0, 0.1) is 11.3 Å². The fraction of sp³-hybridized carbons (Fsp3) is 0.222. The highest BCUT2D eigenvalue weighted by Gasteiger charge is 2.04. The molecule has 80 valence electrons. The summed E-state index contributed by atoms with van der Waals surface area (Å²) in [7, 11) is 0. The molecule has 2 heterocycles. The second-order valence-electron chi connectivity index (χ2n) is 2.88. The first-order valence-corrected chi connectivity index (χ1v) is 4.60. The van der Waals surface area contributed by atoms with Crippen molar-refractivity contribution < 1.29 is 4.52 Å². The van der Waals surface area contributed by atoms with Crippen LogP contribution in [0.5, 0.6) is 0 Å². The average molecular weight is 216 g/mol. The third-order valence-electron chi connectivity index (χ3n) is 1.84. The zero-order valence-corrected chi connectivity index (χ0v) is 8.29. The van der Waals surface area contributed by atoms with Gasteiger partial charge in [0.1, 0.15) is 6.07 Å². The quantitative estimate of drug-likeness (QED) is 0.788. The number of aromatic nitrogens is 4. The first-order valence-electron chi connectivity index (χ1n) is 4.60. The van der Waals surface area contributed by atoms with Gasteiger partial charge in [-0.25, -0.2) is 9.97 Å². The monoisotopic (exact) mass is 216 g/mol. The van der Waals surface area contributed by atoms with E-state index in [2.05, 4.69) is 25.4 Å². The molecule has 0 aromatic carbocycles. The molecule has 7 nitrogen and oxygen atoms in total. The third kappa shape index (κ3) is 2.30. The maximum atomic E-state index is 8.77. The van der Waals surface area contributed by atoms with Crippen molar-refractivity contribution in [2.75, 3.05) is 11.9 Å². The van der Waals surface area contributed by atoms with E-state index in [9.17, 15) is 0 Å². The Hall–Kier alpha value is -2.49. The topological polar surface area (TPSA) is 101 Å². The van der Waals surface area contributed by atoms with Crippen molar-refractivity contribution in [2.24, 2.45) is 0 Å². The minimum Gasteiger partial charge on any atom is -0.367 e. The van der Waals surface area contributed by atoms with Crippen LogP contribution >= 0.6 is 0 Å². The Labute approximate surface area is 91.2 Å². The zero-order valence-electron chi connectivity index (χ0n) is 8.29. The van der Waals surface area contributed by atoms with Crippen LogP contribution in [0.15, 0.2) is 23.2 Å². The summed E-state index contributed by atoms with van der Waals surface area (Å²) in [6.07, 6.45) is 4.91. The molecule has 0 atom stereocenters. The number of nitrogens with one attached hydrogen (secondary N) is 1. The molecule has 0 amide bonds. The van der Waals surface area contributed by atoms with Crippen molar-refractivity contribution in [3.8, 4) is 6.07 Å². The summed E-state index contributed by atoms with van der Waals surface area (Å²) >= 11 is 0. The standard InChI is InChI=1S/C9H8N6O/c10-5-7-9(13-4-3-11-7)12-2-1-8-14-6-15-16-8/h3-4,6H,1-2H2,(H,12,13). The Morgan fingerprint density at radius 2 is 2.19 bits per heavy atom. The summed E-state index contributed by atoms with van der Waals surface area (Å²) in [4.78, 5) is 11.8. The van der Waals surface area contributed by atoms with Gasteiger partial charge in [0.05, 0.1) is 0 Å². The molecule has 0 aliphatic carbocycles. The molecule has 0 radical (unpaired) electrons. The normalized spacial score (nSPS) is 9.69. The van der Waals surface area contributed by atoms with E-state index in [0.717, 1.165) is 0 Å². The van der Waals surface area contributed by atoms with E-state index >= 15 is 0 Å². The lowest BCUT2D eigenvalue weighted by Crippen LogP contribution is -2.08. The number of nitrogens with zero attached hydrogens (tertiary/aromatic N) is 5. The number of hydrogen-bond acceptors (Lipinski definition) is 7.